The monoisotopic (exact) mass is 315 g/mol. The van der Waals surface area contributed by atoms with E-state index in [-0.39, 0.29) is 17.4 Å². The molecule has 0 bridgehead atoms. The van der Waals surface area contributed by atoms with Crippen LogP contribution in [0.4, 0.5) is 0 Å². The maximum Gasteiger partial charge on any atom is 0.303 e. The summed E-state index contributed by atoms with van der Waals surface area (Å²) in [6, 6.07) is 3.03. The van der Waals surface area contributed by atoms with Crippen LogP contribution in [-0.4, -0.2) is 37.7 Å². The zero-order chi connectivity index (χ0) is 15.8. The number of aliphatic carboxylic acids is 1. The van der Waals surface area contributed by atoms with Gasteiger partial charge in [-0.05, 0) is 25.0 Å². The molecule has 0 fully saturated rings. The molecule has 1 amide bonds. The van der Waals surface area contributed by atoms with Crippen LogP contribution >= 0.6 is 11.6 Å². The number of halogens is 1. The highest BCUT2D eigenvalue weighted by Gasteiger charge is 2.14. The number of ether oxygens (including phenoxy) is 2. The molecule has 1 aromatic carbocycles. The summed E-state index contributed by atoms with van der Waals surface area (Å²) in [5.41, 5.74) is 0.357. The van der Waals surface area contributed by atoms with Gasteiger partial charge in [0.2, 0.25) is 0 Å². The van der Waals surface area contributed by atoms with Gasteiger partial charge >= 0.3 is 5.97 Å². The number of rotatable bonds is 8. The van der Waals surface area contributed by atoms with Crippen LogP contribution in [0.1, 0.15) is 29.6 Å². The number of carboxylic acid groups (broad SMARTS) is 1. The van der Waals surface area contributed by atoms with E-state index in [2.05, 4.69) is 5.32 Å². The second-order valence-electron chi connectivity index (χ2n) is 4.30. The molecule has 0 saturated carbocycles. The molecule has 1 aromatic rings. The number of benzene rings is 1. The van der Waals surface area contributed by atoms with Crippen LogP contribution in [0.2, 0.25) is 5.02 Å². The van der Waals surface area contributed by atoms with Crippen LogP contribution in [0.25, 0.3) is 0 Å². The van der Waals surface area contributed by atoms with Crippen molar-refractivity contribution in [1.82, 2.24) is 5.32 Å². The van der Waals surface area contributed by atoms with Crippen molar-refractivity contribution in [1.29, 1.82) is 0 Å². The Morgan fingerprint density at radius 1 is 1.24 bits per heavy atom. The third kappa shape index (κ3) is 5.15. The van der Waals surface area contributed by atoms with E-state index in [1.807, 2.05) is 0 Å². The number of carbonyl (C=O) groups excluding carboxylic acids is 1. The number of carbonyl (C=O) groups is 2. The van der Waals surface area contributed by atoms with E-state index in [0.717, 1.165) is 0 Å². The Kier molecular flexibility index (Phi) is 6.81. The Balaban J connectivity index is 2.62. The zero-order valence-electron chi connectivity index (χ0n) is 11.9. The van der Waals surface area contributed by atoms with E-state index in [4.69, 9.17) is 26.2 Å². The molecule has 0 aliphatic rings. The number of unbranched alkanes of at least 4 members (excludes halogenated alkanes) is 1. The maximum absolute atomic E-state index is 12.0. The lowest BCUT2D eigenvalue weighted by Crippen LogP contribution is -2.24. The minimum absolute atomic E-state index is 0.0953. The smallest absolute Gasteiger partial charge is 0.303 e. The average Bonchev–Trinajstić information content (AvgIpc) is 2.45. The molecule has 7 heteroatoms. The third-order valence-electron chi connectivity index (χ3n) is 2.80. The molecular formula is C14H18ClNO5. The number of amides is 1. The highest BCUT2D eigenvalue weighted by atomic mass is 35.5. The fourth-order valence-electron chi connectivity index (χ4n) is 1.75. The molecule has 0 unspecified atom stereocenters. The zero-order valence-corrected chi connectivity index (χ0v) is 12.7. The summed E-state index contributed by atoms with van der Waals surface area (Å²) >= 11 is 6.03. The maximum atomic E-state index is 12.0. The average molecular weight is 316 g/mol. The van der Waals surface area contributed by atoms with Crippen LogP contribution in [-0.2, 0) is 4.79 Å². The minimum atomic E-state index is -0.840. The van der Waals surface area contributed by atoms with Crippen molar-refractivity contribution >= 4 is 23.5 Å². The van der Waals surface area contributed by atoms with Crippen molar-refractivity contribution < 1.29 is 24.2 Å². The summed E-state index contributed by atoms with van der Waals surface area (Å²) in [5.74, 6) is -0.389. The second kappa shape index (κ2) is 8.36. The number of carboxylic acids is 1. The molecule has 0 heterocycles. The first-order valence-electron chi connectivity index (χ1n) is 6.41. The number of methoxy groups -OCH3 is 2. The summed E-state index contributed by atoms with van der Waals surface area (Å²) in [6.07, 6.45) is 1.21. The molecule has 0 aliphatic heterocycles. The van der Waals surface area contributed by atoms with Crippen molar-refractivity contribution in [3.63, 3.8) is 0 Å². The molecule has 1 rings (SSSR count). The Bertz CT molecular complexity index is 518. The van der Waals surface area contributed by atoms with E-state index in [9.17, 15) is 9.59 Å². The van der Waals surface area contributed by atoms with Gasteiger partial charge in [-0.1, -0.05) is 11.6 Å². The largest absolute Gasteiger partial charge is 0.493 e. The summed E-state index contributed by atoms with van der Waals surface area (Å²) < 4.78 is 10.2. The molecule has 21 heavy (non-hydrogen) atoms. The van der Waals surface area contributed by atoms with Crippen molar-refractivity contribution in [2.24, 2.45) is 0 Å². The molecule has 0 aromatic heterocycles. The van der Waals surface area contributed by atoms with Crippen LogP contribution in [0.15, 0.2) is 12.1 Å². The van der Waals surface area contributed by atoms with Gasteiger partial charge in [0.1, 0.15) is 0 Å². The SMILES string of the molecule is COc1cc(C(=O)NCCCCC(=O)O)cc(Cl)c1OC. The van der Waals surface area contributed by atoms with Gasteiger partial charge in [0.25, 0.3) is 5.91 Å². The highest BCUT2D eigenvalue weighted by molar-refractivity contribution is 6.32. The van der Waals surface area contributed by atoms with Crippen molar-refractivity contribution in [3.05, 3.63) is 22.7 Å². The quantitative estimate of drug-likeness (QED) is 0.719. The van der Waals surface area contributed by atoms with Crippen LogP contribution < -0.4 is 14.8 Å². The predicted molar refractivity (Wildman–Crippen MR) is 78.4 cm³/mol. The molecule has 2 N–H and O–H groups in total. The first-order chi connectivity index (χ1) is 9.99. The molecule has 0 atom stereocenters. The number of hydrogen-bond acceptors (Lipinski definition) is 4. The standard InChI is InChI=1S/C14H18ClNO5/c1-20-11-8-9(7-10(15)13(11)21-2)14(19)16-6-4-3-5-12(17)18/h7-8H,3-6H2,1-2H3,(H,16,19)(H,17,18). The van der Waals surface area contributed by atoms with Gasteiger partial charge in [-0.25, -0.2) is 0 Å². The molecule has 0 radical (unpaired) electrons. The van der Waals surface area contributed by atoms with Gasteiger partial charge in [-0.3, -0.25) is 9.59 Å². The molecule has 6 nitrogen and oxygen atoms in total. The van der Waals surface area contributed by atoms with Gasteiger partial charge < -0.3 is 19.9 Å². The molecular weight excluding hydrogens is 298 g/mol. The van der Waals surface area contributed by atoms with Crippen molar-refractivity contribution in [2.75, 3.05) is 20.8 Å². The van der Waals surface area contributed by atoms with Gasteiger partial charge in [0, 0.05) is 18.5 Å². The lowest BCUT2D eigenvalue weighted by atomic mass is 10.1. The summed E-state index contributed by atoms with van der Waals surface area (Å²) in [7, 11) is 2.92. The first-order valence-corrected chi connectivity index (χ1v) is 6.79. The number of hydrogen-bond donors (Lipinski definition) is 2. The van der Waals surface area contributed by atoms with E-state index >= 15 is 0 Å². The first kappa shape index (κ1) is 17.1. The second-order valence-corrected chi connectivity index (χ2v) is 4.71. The molecule has 0 aliphatic carbocycles. The number of nitrogens with one attached hydrogen (secondary N) is 1. The Labute approximate surface area is 128 Å². The highest BCUT2D eigenvalue weighted by Crippen LogP contribution is 2.35. The van der Waals surface area contributed by atoms with Crippen molar-refractivity contribution in [3.8, 4) is 11.5 Å². The molecule has 0 spiro atoms. The molecule has 0 saturated heterocycles. The Morgan fingerprint density at radius 2 is 1.95 bits per heavy atom. The predicted octanol–water partition coefficient (Wildman–Crippen LogP) is 2.34. The lowest BCUT2D eigenvalue weighted by Gasteiger charge is -2.11. The van der Waals surface area contributed by atoms with Crippen molar-refractivity contribution in [2.45, 2.75) is 19.3 Å². The van der Waals surface area contributed by atoms with Gasteiger partial charge in [0.05, 0.1) is 19.2 Å². The lowest BCUT2D eigenvalue weighted by molar-refractivity contribution is -0.137. The van der Waals surface area contributed by atoms with Crippen LogP contribution in [0.3, 0.4) is 0 Å². The summed E-state index contributed by atoms with van der Waals surface area (Å²) in [6.45, 7) is 0.401. The normalized spacial score (nSPS) is 10.0. The molecule has 116 valence electrons. The van der Waals surface area contributed by atoms with Gasteiger partial charge in [-0.2, -0.15) is 0 Å². The Hall–Kier alpha value is -1.95. The third-order valence-corrected chi connectivity index (χ3v) is 3.08. The minimum Gasteiger partial charge on any atom is -0.493 e. The van der Waals surface area contributed by atoms with E-state index in [1.54, 1.807) is 0 Å². The topological polar surface area (TPSA) is 84.9 Å². The van der Waals surface area contributed by atoms with Crippen LogP contribution in [0, 0.1) is 0 Å². The van der Waals surface area contributed by atoms with E-state index in [1.165, 1.54) is 26.4 Å². The van der Waals surface area contributed by atoms with Gasteiger partial charge in [0.15, 0.2) is 11.5 Å². The van der Waals surface area contributed by atoms with E-state index in [0.29, 0.717) is 36.4 Å². The summed E-state index contributed by atoms with van der Waals surface area (Å²) in [4.78, 5) is 22.3. The van der Waals surface area contributed by atoms with E-state index < -0.39 is 5.97 Å². The summed E-state index contributed by atoms with van der Waals surface area (Å²) in [5, 5.41) is 11.5. The van der Waals surface area contributed by atoms with Gasteiger partial charge in [-0.15, -0.1) is 0 Å². The van der Waals surface area contributed by atoms with Crippen LogP contribution in [0.5, 0.6) is 11.5 Å². The Morgan fingerprint density at radius 3 is 2.52 bits per heavy atom. The fourth-order valence-corrected chi connectivity index (χ4v) is 2.04. The fraction of sp³-hybridized carbons (Fsp3) is 0.429.